The first-order valence-corrected chi connectivity index (χ1v) is 6.90. The smallest absolute Gasteiger partial charge is 0.376 e. The second-order valence-corrected chi connectivity index (χ2v) is 4.93. The van der Waals surface area contributed by atoms with Gasteiger partial charge in [0.1, 0.15) is 11.5 Å². The number of aliphatic hydroxyl groups is 1. The molecule has 0 saturated heterocycles. The molecule has 0 bridgehead atoms. The van der Waals surface area contributed by atoms with Crippen molar-refractivity contribution in [3.8, 4) is 5.75 Å². The van der Waals surface area contributed by atoms with Gasteiger partial charge >= 0.3 is 5.97 Å². The van der Waals surface area contributed by atoms with Crippen molar-refractivity contribution in [2.45, 2.75) is 6.42 Å². The van der Waals surface area contributed by atoms with Crippen LogP contribution in [0.4, 0.5) is 0 Å². The van der Waals surface area contributed by atoms with E-state index in [1.54, 1.807) is 6.07 Å². The summed E-state index contributed by atoms with van der Waals surface area (Å²) < 4.78 is 5.20. The first-order chi connectivity index (χ1) is 11.0. The largest absolute Gasteiger partial charge is 0.507 e. The minimum atomic E-state index is -1.62. The number of carbonyl (C=O) groups excluding carboxylic acids is 1. The average molecular weight is 312 g/mol. The Balaban J connectivity index is 2.35. The van der Waals surface area contributed by atoms with Gasteiger partial charge in [0.25, 0.3) is 5.78 Å². The predicted molar refractivity (Wildman–Crippen MR) is 85.5 cm³/mol. The minimum Gasteiger partial charge on any atom is -0.507 e. The summed E-state index contributed by atoms with van der Waals surface area (Å²) in [6.45, 7) is 0. The fraction of sp³-hybridized carbons (Fsp3) is 0.111. The zero-order chi connectivity index (χ0) is 16.8. The van der Waals surface area contributed by atoms with Gasteiger partial charge in [-0.3, -0.25) is 4.79 Å². The number of hydrogen-bond donors (Lipinski definition) is 2. The summed E-state index contributed by atoms with van der Waals surface area (Å²) in [4.78, 5) is 21.8. The molecule has 0 aliphatic rings. The number of benzene rings is 2. The zero-order valence-corrected chi connectivity index (χ0v) is 12.5. The monoisotopic (exact) mass is 312 g/mol. The van der Waals surface area contributed by atoms with Crippen LogP contribution in [-0.2, 0) is 16.0 Å². The normalized spacial score (nSPS) is 11.1. The Morgan fingerprint density at radius 3 is 2.35 bits per heavy atom. The lowest BCUT2D eigenvalue weighted by Crippen LogP contribution is -2.09. The maximum Gasteiger partial charge on any atom is 0.376 e. The molecule has 23 heavy (non-hydrogen) atoms. The standard InChI is InChI=1S/C18H16O5/c1-23-15-9-13(7-12-5-3-2-4-6-12)8-14(10-15)16(19)11-17(20)18(21)22/h2-6,8-11,19H,7H2,1H3,(H,21,22)/b16-11-. The number of ketones is 1. The molecule has 2 rings (SSSR count). The van der Waals surface area contributed by atoms with Crippen LogP contribution in [0.5, 0.6) is 5.75 Å². The molecule has 118 valence electrons. The Kier molecular flexibility index (Phi) is 5.15. The Morgan fingerprint density at radius 1 is 1.04 bits per heavy atom. The number of carboxylic acids is 1. The molecule has 0 spiro atoms. The Labute approximate surface area is 133 Å². The summed E-state index contributed by atoms with van der Waals surface area (Å²) in [5.74, 6) is -2.71. The highest BCUT2D eigenvalue weighted by atomic mass is 16.5. The molecular weight excluding hydrogens is 296 g/mol. The van der Waals surface area contributed by atoms with Gasteiger partial charge in [-0.05, 0) is 35.7 Å². The summed E-state index contributed by atoms with van der Waals surface area (Å²) in [7, 11) is 1.49. The number of rotatable bonds is 6. The van der Waals surface area contributed by atoms with E-state index in [-0.39, 0.29) is 0 Å². The quantitative estimate of drug-likeness (QED) is 0.487. The van der Waals surface area contributed by atoms with Gasteiger partial charge in [0.05, 0.1) is 7.11 Å². The third-order valence-corrected chi connectivity index (χ3v) is 3.23. The fourth-order valence-electron chi connectivity index (χ4n) is 2.13. The molecule has 0 saturated carbocycles. The van der Waals surface area contributed by atoms with E-state index < -0.39 is 17.5 Å². The second kappa shape index (κ2) is 7.26. The van der Waals surface area contributed by atoms with Gasteiger partial charge in [0, 0.05) is 11.6 Å². The zero-order valence-electron chi connectivity index (χ0n) is 12.5. The number of methoxy groups -OCH3 is 1. The Morgan fingerprint density at radius 2 is 1.74 bits per heavy atom. The molecule has 0 atom stereocenters. The first kappa shape index (κ1) is 16.3. The molecule has 0 radical (unpaired) electrons. The number of carbonyl (C=O) groups is 2. The number of hydrogen-bond acceptors (Lipinski definition) is 4. The molecular formula is C18H16O5. The van der Waals surface area contributed by atoms with Crippen LogP contribution in [0.25, 0.3) is 5.76 Å². The summed E-state index contributed by atoms with van der Waals surface area (Å²) in [5.41, 5.74) is 2.27. The van der Waals surface area contributed by atoms with Crippen LogP contribution in [0, 0.1) is 0 Å². The van der Waals surface area contributed by atoms with E-state index in [1.165, 1.54) is 13.2 Å². The second-order valence-electron chi connectivity index (χ2n) is 4.93. The molecule has 2 aromatic carbocycles. The lowest BCUT2D eigenvalue weighted by Gasteiger charge is -2.09. The molecule has 2 aromatic rings. The van der Waals surface area contributed by atoms with Crippen LogP contribution in [0.15, 0.2) is 54.6 Å². The van der Waals surface area contributed by atoms with Gasteiger partial charge in [-0.25, -0.2) is 4.79 Å². The number of carboxylic acid groups (broad SMARTS) is 1. The van der Waals surface area contributed by atoms with E-state index >= 15 is 0 Å². The van der Waals surface area contributed by atoms with Gasteiger partial charge in [-0.2, -0.15) is 0 Å². The summed E-state index contributed by atoms with van der Waals surface area (Å²) in [5, 5.41) is 18.6. The lowest BCUT2D eigenvalue weighted by molar-refractivity contribution is -0.146. The average Bonchev–Trinajstić information content (AvgIpc) is 2.55. The van der Waals surface area contributed by atoms with E-state index in [0.717, 1.165) is 11.1 Å². The van der Waals surface area contributed by atoms with Crippen molar-refractivity contribution in [1.82, 2.24) is 0 Å². The van der Waals surface area contributed by atoms with Gasteiger partial charge in [0.15, 0.2) is 0 Å². The van der Waals surface area contributed by atoms with Crippen molar-refractivity contribution < 1.29 is 24.5 Å². The number of aliphatic hydroxyl groups excluding tert-OH is 1. The summed E-state index contributed by atoms with van der Waals surface area (Å²) >= 11 is 0. The minimum absolute atomic E-state index is 0.324. The lowest BCUT2D eigenvalue weighted by atomic mass is 10.0. The molecule has 5 nitrogen and oxygen atoms in total. The van der Waals surface area contributed by atoms with Crippen LogP contribution in [-0.4, -0.2) is 29.1 Å². The Hall–Kier alpha value is -3.08. The van der Waals surface area contributed by atoms with Gasteiger partial charge < -0.3 is 14.9 Å². The third-order valence-electron chi connectivity index (χ3n) is 3.23. The van der Waals surface area contributed by atoms with Crippen molar-refractivity contribution in [1.29, 1.82) is 0 Å². The number of ether oxygens (including phenoxy) is 1. The molecule has 0 aliphatic heterocycles. The van der Waals surface area contributed by atoms with E-state index in [2.05, 4.69) is 0 Å². The highest BCUT2D eigenvalue weighted by Crippen LogP contribution is 2.23. The highest BCUT2D eigenvalue weighted by Gasteiger charge is 2.12. The van der Waals surface area contributed by atoms with E-state index in [1.807, 2.05) is 36.4 Å². The van der Waals surface area contributed by atoms with Crippen LogP contribution < -0.4 is 4.74 Å². The van der Waals surface area contributed by atoms with E-state index in [0.29, 0.717) is 23.8 Å². The first-order valence-electron chi connectivity index (χ1n) is 6.90. The van der Waals surface area contributed by atoms with Crippen molar-refractivity contribution in [2.75, 3.05) is 7.11 Å². The summed E-state index contributed by atoms with van der Waals surface area (Å²) in [6.07, 6.45) is 1.30. The fourth-order valence-corrected chi connectivity index (χ4v) is 2.13. The SMILES string of the molecule is COc1cc(Cc2ccccc2)cc(/C(O)=C/C(=O)C(=O)O)c1. The molecule has 0 fully saturated rings. The van der Waals surface area contributed by atoms with Crippen LogP contribution in [0.2, 0.25) is 0 Å². The van der Waals surface area contributed by atoms with Gasteiger partial charge in [0.2, 0.25) is 0 Å². The van der Waals surface area contributed by atoms with Crippen molar-refractivity contribution in [3.05, 3.63) is 71.3 Å². The Bertz CT molecular complexity index is 747. The topological polar surface area (TPSA) is 83.8 Å². The molecule has 0 aromatic heterocycles. The van der Waals surface area contributed by atoms with E-state index in [9.17, 15) is 14.7 Å². The summed E-state index contributed by atoms with van der Waals surface area (Å²) in [6, 6.07) is 14.8. The highest BCUT2D eigenvalue weighted by molar-refractivity contribution is 6.38. The molecule has 2 N–H and O–H groups in total. The van der Waals surface area contributed by atoms with Gasteiger partial charge in [-0.15, -0.1) is 0 Å². The van der Waals surface area contributed by atoms with Crippen molar-refractivity contribution in [3.63, 3.8) is 0 Å². The van der Waals surface area contributed by atoms with Crippen LogP contribution in [0.3, 0.4) is 0 Å². The van der Waals surface area contributed by atoms with Crippen molar-refractivity contribution in [2.24, 2.45) is 0 Å². The molecule has 0 aliphatic carbocycles. The molecule has 0 unspecified atom stereocenters. The number of aliphatic carboxylic acids is 1. The van der Waals surface area contributed by atoms with Crippen LogP contribution in [0.1, 0.15) is 16.7 Å². The molecule has 5 heteroatoms. The maximum absolute atomic E-state index is 11.2. The third kappa shape index (κ3) is 4.44. The van der Waals surface area contributed by atoms with E-state index in [4.69, 9.17) is 9.84 Å². The molecule has 0 heterocycles. The maximum atomic E-state index is 11.2. The van der Waals surface area contributed by atoms with Crippen molar-refractivity contribution >= 4 is 17.5 Å². The van der Waals surface area contributed by atoms with Gasteiger partial charge in [-0.1, -0.05) is 30.3 Å². The molecule has 0 amide bonds. The van der Waals surface area contributed by atoms with Crippen LogP contribution >= 0.6 is 0 Å². The predicted octanol–water partition coefficient (Wildman–Crippen LogP) is 2.84.